The topological polar surface area (TPSA) is 181 Å². The van der Waals surface area contributed by atoms with Crippen LogP contribution in [0.4, 0.5) is 14.0 Å². The Bertz CT molecular complexity index is 2020. The van der Waals surface area contributed by atoms with E-state index in [9.17, 15) is 36.8 Å². The average Bonchev–Trinajstić information content (AvgIpc) is 3.43. The van der Waals surface area contributed by atoms with E-state index in [1.165, 1.54) is 21.9 Å². The number of hydrogen-bond donors (Lipinski definition) is 3. The molecule has 0 spiro atoms. The number of carbonyl (C=O) groups excluding carboxylic acids is 5. The number of benzene rings is 2. The number of fused-ring (bicyclic) bond motifs is 3. The van der Waals surface area contributed by atoms with Crippen molar-refractivity contribution in [3.05, 3.63) is 77.1 Å². The smallest absolute Gasteiger partial charge is 0.410 e. The lowest BCUT2D eigenvalue weighted by atomic mass is 10.0. The molecular weight excluding hydrogens is 746 g/mol. The highest BCUT2D eigenvalue weighted by molar-refractivity contribution is 7.90. The molecule has 56 heavy (non-hydrogen) atoms. The van der Waals surface area contributed by atoms with Crippen molar-refractivity contribution in [1.82, 2.24) is 25.2 Å². The minimum Gasteiger partial charge on any atom is -0.444 e. The summed E-state index contributed by atoms with van der Waals surface area (Å²) in [4.78, 5) is 71.8. The van der Waals surface area contributed by atoms with Gasteiger partial charge in [-0.15, -0.1) is 0 Å². The van der Waals surface area contributed by atoms with E-state index in [-0.39, 0.29) is 43.8 Å². The zero-order chi connectivity index (χ0) is 40.4. The first-order chi connectivity index (χ1) is 26.5. The van der Waals surface area contributed by atoms with Gasteiger partial charge in [-0.2, -0.15) is 0 Å². The summed E-state index contributed by atoms with van der Waals surface area (Å²) in [5.41, 5.74) is -1.01. The number of nitrogens with zero attached hydrogens (tertiary/aromatic N) is 2. The zero-order valence-electron chi connectivity index (χ0n) is 32.1. The Morgan fingerprint density at radius 1 is 1.05 bits per heavy atom. The minimum atomic E-state index is -4.32. The molecular formula is C40H50FN5O9S. The number of sulfonamides is 1. The SMILES string of the molecule is CCC(C)(C)OC(=O)N[C@H]1CCCCC/C=C\[C@H]2C[C@@]2(C(=O)NS(=O)(=O)c2ccccc2C)NC(=O)[C@@H]2C[C@@H](OC(=O)N3Cc4cccc(F)c4C3)CN2C1=O. The van der Waals surface area contributed by atoms with Gasteiger partial charge in [-0.05, 0) is 76.1 Å². The molecule has 6 rings (SSSR count). The summed E-state index contributed by atoms with van der Waals surface area (Å²) < 4.78 is 54.9. The molecule has 1 saturated carbocycles. The first kappa shape index (κ1) is 40.7. The maximum Gasteiger partial charge on any atom is 0.410 e. The number of amides is 5. The van der Waals surface area contributed by atoms with Crippen LogP contribution in [0.3, 0.4) is 0 Å². The number of rotatable bonds is 7. The van der Waals surface area contributed by atoms with E-state index in [0.717, 1.165) is 6.42 Å². The molecule has 2 aromatic rings. The Morgan fingerprint density at radius 2 is 1.82 bits per heavy atom. The van der Waals surface area contributed by atoms with Crippen LogP contribution >= 0.6 is 0 Å². The van der Waals surface area contributed by atoms with E-state index in [1.54, 1.807) is 57.2 Å². The van der Waals surface area contributed by atoms with E-state index in [2.05, 4.69) is 15.4 Å². The molecule has 2 fully saturated rings. The van der Waals surface area contributed by atoms with Gasteiger partial charge < -0.3 is 25.0 Å². The number of allylic oxidation sites excluding steroid dienone is 1. The highest BCUT2D eigenvalue weighted by atomic mass is 32.2. The molecule has 302 valence electrons. The predicted molar refractivity (Wildman–Crippen MR) is 202 cm³/mol. The monoisotopic (exact) mass is 795 g/mol. The normalized spacial score (nSPS) is 26.0. The van der Waals surface area contributed by atoms with Crippen molar-refractivity contribution >= 4 is 39.9 Å². The summed E-state index contributed by atoms with van der Waals surface area (Å²) in [5.74, 6) is -3.26. The number of aryl methyl sites for hydroxylation is 1. The van der Waals surface area contributed by atoms with Crippen molar-refractivity contribution in [1.29, 1.82) is 0 Å². The number of carbonyl (C=O) groups is 5. The Kier molecular flexibility index (Phi) is 11.8. The molecule has 3 heterocycles. The standard InChI is InChI=1S/C40H50FN5O9S/c1-5-39(3,4)55-37(50)42-31-18-10-8-6-7-9-16-27-21-40(27,36(49)44-56(52,53)33-19-12-11-14-25(33)2)43-34(47)32-20-28(23-46(32)35(31)48)54-38(51)45-22-26-15-13-17-30(41)29(26)24-45/h9,11-17,19,27-28,31-32H,5-8,10,18,20-24H2,1-4H3,(H,42,50)(H,43,47)(H,44,49)/b16-9-/t27-,28+,31-,32-,40+/m0/s1. The second-order valence-corrected chi connectivity index (χ2v) is 17.4. The fourth-order valence-electron chi connectivity index (χ4n) is 7.51. The summed E-state index contributed by atoms with van der Waals surface area (Å²) in [6.07, 6.45) is 4.50. The Balaban J connectivity index is 1.27. The quantitative estimate of drug-likeness (QED) is 0.334. The molecule has 3 N–H and O–H groups in total. The fourth-order valence-corrected chi connectivity index (χ4v) is 8.80. The molecule has 3 aliphatic heterocycles. The second kappa shape index (κ2) is 16.2. The summed E-state index contributed by atoms with van der Waals surface area (Å²) in [7, 11) is -4.32. The maximum absolute atomic E-state index is 14.5. The lowest BCUT2D eigenvalue weighted by Gasteiger charge is -2.30. The largest absolute Gasteiger partial charge is 0.444 e. The van der Waals surface area contributed by atoms with E-state index in [0.29, 0.717) is 42.4 Å². The Labute approximate surface area is 326 Å². The fraction of sp³-hybridized carbons (Fsp3) is 0.525. The summed E-state index contributed by atoms with van der Waals surface area (Å²) in [6.45, 7) is 6.85. The van der Waals surface area contributed by atoms with Crippen molar-refractivity contribution < 1.29 is 46.3 Å². The number of alkyl carbamates (subject to hydrolysis) is 1. The van der Waals surface area contributed by atoms with E-state index in [4.69, 9.17) is 9.47 Å². The molecule has 1 aliphatic carbocycles. The predicted octanol–water partition coefficient (Wildman–Crippen LogP) is 4.74. The number of hydrogen-bond acceptors (Lipinski definition) is 9. The van der Waals surface area contributed by atoms with Crippen molar-refractivity contribution in [3.8, 4) is 0 Å². The van der Waals surface area contributed by atoms with Crippen LogP contribution in [-0.4, -0.2) is 84.0 Å². The van der Waals surface area contributed by atoms with Gasteiger partial charge in [-0.1, -0.05) is 62.2 Å². The van der Waals surface area contributed by atoms with Gasteiger partial charge in [0.25, 0.3) is 15.9 Å². The van der Waals surface area contributed by atoms with Crippen LogP contribution in [0, 0.1) is 18.7 Å². The molecule has 1 saturated heterocycles. The molecule has 5 atom stereocenters. The van der Waals surface area contributed by atoms with Crippen LogP contribution in [0.2, 0.25) is 0 Å². The zero-order valence-corrected chi connectivity index (χ0v) is 33.0. The number of halogens is 1. The van der Waals surface area contributed by atoms with E-state index >= 15 is 0 Å². The van der Waals surface area contributed by atoms with Gasteiger partial charge in [-0.25, -0.2) is 27.1 Å². The van der Waals surface area contributed by atoms with E-state index in [1.807, 2.05) is 13.0 Å². The van der Waals surface area contributed by atoms with Crippen LogP contribution in [0.5, 0.6) is 0 Å². The van der Waals surface area contributed by atoms with Crippen molar-refractivity contribution in [2.75, 3.05) is 6.54 Å². The van der Waals surface area contributed by atoms with Crippen LogP contribution in [0.25, 0.3) is 0 Å². The summed E-state index contributed by atoms with van der Waals surface area (Å²) in [6, 6.07) is 8.44. The lowest BCUT2D eigenvalue weighted by Crippen LogP contribution is -2.58. The van der Waals surface area contributed by atoms with E-state index < -0.39 is 81.0 Å². The van der Waals surface area contributed by atoms with Crippen LogP contribution in [0.1, 0.15) is 88.8 Å². The van der Waals surface area contributed by atoms with Crippen molar-refractivity contribution in [2.24, 2.45) is 5.92 Å². The highest BCUT2D eigenvalue weighted by Gasteiger charge is 2.62. The first-order valence-electron chi connectivity index (χ1n) is 19.2. The van der Waals surface area contributed by atoms with Crippen LogP contribution in [-0.2, 0) is 47.0 Å². The van der Waals surface area contributed by atoms with Gasteiger partial charge in [0.1, 0.15) is 35.1 Å². The third-order valence-electron chi connectivity index (χ3n) is 11.2. The molecule has 0 radical (unpaired) electrons. The molecule has 0 aromatic heterocycles. The molecule has 0 bridgehead atoms. The molecule has 2 aromatic carbocycles. The molecule has 5 amide bonds. The van der Waals surface area contributed by atoms with Gasteiger partial charge >= 0.3 is 12.2 Å². The second-order valence-electron chi connectivity index (χ2n) is 15.7. The van der Waals surface area contributed by atoms with Gasteiger partial charge in [-0.3, -0.25) is 19.3 Å². The van der Waals surface area contributed by atoms with Crippen molar-refractivity contribution in [2.45, 2.75) is 126 Å². The molecule has 16 heteroatoms. The number of nitrogens with one attached hydrogen (secondary N) is 3. The first-order valence-corrected chi connectivity index (χ1v) is 20.7. The highest BCUT2D eigenvalue weighted by Crippen LogP contribution is 2.46. The average molecular weight is 796 g/mol. The lowest BCUT2D eigenvalue weighted by molar-refractivity contribution is -0.141. The van der Waals surface area contributed by atoms with Crippen molar-refractivity contribution in [3.63, 3.8) is 0 Å². The van der Waals surface area contributed by atoms with Gasteiger partial charge in [0.15, 0.2) is 0 Å². The Morgan fingerprint density at radius 3 is 2.55 bits per heavy atom. The third-order valence-corrected chi connectivity index (χ3v) is 12.7. The molecule has 4 aliphatic rings. The summed E-state index contributed by atoms with van der Waals surface area (Å²) >= 11 is 0. The molecule has 14 nitrogen and oxygen atoms in total. The minimum absolute atomic E-state index is 0.0136. The summed E-state index contributed by atoms with van der Waals surface area (Å²) in [5, 5.41) is 5.50. The number of ether oxygens (including phenoxy) is 2. The van der Waals surface area contributed by atoms with Gasteiger partial charge in [0, 0.05) is 24.4 Å². The van der Waals surface area contributed by atoms with Gasteiger partial charge in [0.05, 0.1) is 18.0 Å². The Hall–Kier alpha value is -4.99. The van der Waals surface area contributed by atoms with Crippen LogP contribution in [0.15, 0.2) is 59.5 Å². The third kappa shape index (κ3) is 8.85. The molecule has 0 unspecified atom stereocenters. The maximum atomic E-state index is 14.5. The van der Waals surface area contributed by atoms with Gasteiger partial charge in [0.2, 0.25) is 11.8 Å². The van der Waals surface area contributed by atoms with Crippen LogP contribution < -0.4 is 15.4 Å².